The van der Waals surface area contributed by atoms with Crippen LogP contribution in [0.2, 0.25) is 0 Å². The first kappa shape index (κ1) is 11.7. The van der Waals surface area contributed by atoms with Gasteiger partial charge in [0.1, 0.15) is 11.6 Å². The summed E-state index contributed by atoms with van der Waals surface area (Å²) in [4.78, 5) is 3.64. The maximum Gasteiger partial charge on any atom is 0.389 e. The molecule has 1 aromatic heterocycles. The van der Waals surface area contributed by atoms with Crippen molar-refractivity contribution < 1.29 is 17.6 Å². The van der Waals surface area contributed by atoms with Crippen molar-refractivity contribution in [2.45, 2.75) is 19.0 Å². The molecule has 0 saturated heterocycles. The van der Waals surface area contributed by atoms with Crippen LogP contribution in [0.1, 0.15) is 12.8 Å². The van der Waals surface area contributed by atoms with E-state index in [0.717, 1.165) is 6.20 Å². The number of alkyl halides is 3. The normalized spacial score (nSPS) is 11.5. The zero-order chi connectivity index (χ0) is 11.3. The molecule has 2 nitrogen and oxygen atoms in total. The summed E-state index contributed by atoms with van der Waals surface area (Å²) in [7, 11) is 0. The van der Waals surface area contributed by atoms with Gasteiger partial charge in [-0.1, -0.05) is 0 Å². The van der Waals surface area contributed by atoms with Crippen LogP contribution >= 0.6 is 0 Å². The first-order chi connectivity index (χ1) is 6.97. The molecular weight excluding hydrogens is 212 g/mol. The SMILES string of the molecule is Fc1ccc(NCCCC(F)(F)F)nc1. The molecule has 0 aliphatic rings. The van der Waals surface area contributed by atoms with Gasteiger partial charge in [-0.05, 0) is 18.6 Å². The van der Waals surface area contributed by atoms with Crippen LogP contribution in [0, 0.1) is 5.82 Å². The Hall–Kier alpha value is -1.33. The monoisotopic (exact) mass is 222 g/mol. The van der Waals surface area contributed by atoms with Gasteiger partial charge in [-0.3, -0.25) is 0 Å². The fourth-order valence-electron chi connectivity index (χ4n) is 0.986. The van der Waals surface area contributed by atoms with Gasteiger partial charge < -0.3 is 5.32 Å². The van der Waals surface area contributed by atoms with E-state index in [1.165, 1.54) is 12.1 Å². The molecule has 1 rings (SSSR count). The highest BCUT2D eigenvalue weighted by Crippen LogP contribution is 2.21. The number of anilines is 1. The number of hydrogen-bond donors (Lipinski definition) is 1. The van der Waals surface area contributed by atoms with Gasteiger partial charge in [-0.15, -0.1) is 0 Å². The minimum absolute atomic E-state index is 0.0252. The number of halogens is 4. The van der Waals surface area contributed by atoms with Crippen molar-refractivity contribution in [1.82, 2.24) is 4.98 Å². The summed E-state index contributed by atoms with van der Waals surface area (Å²) >= 11 is 0. The molecule has 0 fully saturated rings. The molecule has 0 aliphatic heterocycles. The van der Waals surface area contributed by atoms with Gasteiger partial charge in [-0.25, -0.2) is 9.37 Å². The molecule has 0 bridgehead atoms. The fourth-order valence-corrected chi connectivity index (χ4v) is 0.986. The second-order valence-corrected chi connectivity index (χ2v) is 3.01. The second-order valence-electron chi connectivity index (χ2n) is 3.01. The molecule has 0 aromatic carbocycles. The summed E-state index contributed by atoms with van der Waals surface area (Å²) in [6.45, 7) is 0.165. The van der Waals surface area contributed by atoms with Crippen LogP contribution in [0.5, 0.6) is 0 Å². The fraction of sp³-hybridized carbons (Fsp3) is 0.444. The molecule has 6 heteroatoms. The molecule has 0 unspecified atom stereocenters. The molecule has 0 aliphatic carbocycles. The highest BCUT2D eigenvalue weighted by molar-refractivity contribution is 5.33. The number of rotatable bonds is 4. The predicted molar refractivity (Wildman–Crippen MR) is 48.0 cm³/mol. The summed E-state index contributed by atoms with van der Waals surface area (Å²) in [5.74, 6) is -0.102. The van der Waals surface area contributed by atoms with Crippen molar-refractivity contribution in [1.29, 1.82) is 0 Å². The first-order valence-corrected chi connectivity index (χ1v) is 4.39. The summed E-state index contributed by atoms with van der Waals surface area (Å²) in [6, 6.07) is 2.57. The Morgan fingerprint density at radius 1 is 1.27 bits per heavy atom. The minimum atomic E-state index is -4.13. The third kappa shape index (κ3) is 5.19. The average Bonchev–Trinajstić information content (AvgIpc) is 2.14. The molecular formula is C9H10F4N2. The lowest BCUT2D eigenvalue weighted by atomic mass is 10.3. The standard InChI is InChI=1S/C9H10F4N2/c10-7-2-3-8(15-6-7)14-5-1-4-9(11,12)13/h2-3,6H,1,4-5H2,(H,14,15). The van der Waals surface area contributed by atoms with Gasteiger partial charge >= 0.3 is 6.18 Å². The maximum atomic E-state index is 12.4. The zero-order valence-electron chi connectivity index (χ0n) is 7.81. The van der Waals surface area contributed by atoms with Crippen molar-refractivity contribution in [3.63, 3.8) is 0 Å². The van der Waals surface area contributed by atoms with Gasteiger partial charge in [0.05, 0.1) is 6.20 Å². The van der Waals surface area contributed by atoms with Crippen LogP contribution in [-0.4, -0.2) is 17.7 Å². The Morgan fingerprint density at radius 3 is 2.53 bits per heavy atom. The van der Waals surface area contributed by atoms with Gasteiger partial charge in [0.25, 0.3) is 0 Å². The van der Waals surface area contributed by atoms with Gasteiger partial charge in [0, 0.05) is 13.0 Å². The summed E-state index contributed by atoms with van der Waals surface area (Å²) in [5.41, 5.74) is 0. The number of hydrogen-bond acceptors (Lipinski definition) is 2. The van der Waals surface area contributed by atoms with E-state index in [4.69, 9.17) is 0 Å². The molecule has 1 N–H and O–H groups in total. The van der Waals surface area contributed by atoms with Crippen LogP contribution in [-0.2, 0) is 0 Å². The van der Waals surface area contributed by atoms with Crippen molar-refractivity contribution in [2.75, 3.05) is 11.9 Å². The first-order valence-electron chi connectivity index (χ1n) is 4.39. The minimum Gasteiger partial charge on any atom is -0.370 e. The Bertz CT molecular complexity index is 294. The largest absolute Gasteiger partial charge is 0.389 e. The van der Waals surface area contributed by atoms with E-state index in [9.17, 15) is 17.6 Å². The molecule has 1 heterocycles. The van der Waals surface area contributed by atoms with Crippen LogP contribution < -0.4 is 5.32 Å². The Balaban J connectivity index is 2.23. The predicted octanol–water partition coefficient (Wildman–Crippen LogP) is 2.98. The van der Waals surface area contributed by atoms with Crippen molar-refractivity contribution in [3.05, 3.63) is 24.1 Å². The van der Waals surface area contributed by atoms with Crippen LogP contribution in [0.25, 0.3) is 0 Å². The smallest absolute Gasteiger partial charge is 0.370 e. The van der Waals surface area contributed by atoms with E-state index in [1.54, 1.807) is 0 Å². The van der Waals surface area contributed by atoms with E-state index >= 15 is 0 Å². The zero-order valence-corrected chi connectivity index (χ0v) is 7.81. The van der Waals surface area contributed by atoms with Crippen molar-refractivity contribution in [3.8, 4) is 0 Å². The van der Waals surface area contributed by atoms with Crippen molar-refractivity contribution >= 4 is 5.82 Å². The highest BCUT2D eigenvalue weighted by atomic mass is 19.4. The van der Waals surface area contributed by atoms with E-state index < -0.39 is 18.4 Å². The van der Waals surface area contributed by atoms with E-state index in [2.05, 4.69) is 10.3 Å². The third-order valence-corrected chi connectivity index (χ3v) is 1.67. The second kappa shape index (κ2) is 4.95. The topological polar surface area (TPSA) is 24.9 Å². The van der Waals surface area contributed by atoms with Crippen LogP contribution in [0.15, 0.2) is 18.3 Å². The van der Waals surface area contributed by atoms with E-state index in [-0.39, 0.29) is 13.0 Å². The molecule has 0 radical (unpaired) electrons. The van der Waals surface area contributed by atoms with Gasteiger partial charge in [0.15, 0.2) is 0 Å². The number of nitrogens with zero attached hydrogens (tertiary/aromatic N) is 1. The van der Waals surface area contributed by atoms with Crippen LogP contribution in [0.3, 0.4) is 0 Å². The van der Waals surface area contributed by atoms with E-state index in [0.29, 0.717) is 5.82 Å². The highest BCUT2D eigenvalue weighted by Gasteiger charge is 2.25. The van der Waals surface area contributed by atoms with E-state index in [1.807, 2.05) is 0 Å². The number of aromatic nitrogens is 1. The summed E-state index contributed by atoms with van der Waals surface area (Å²) < 4.78 is 47.6. The number of pyridine rings is 1. The molecule has 0 saturated carbocycles. The molecule has 0 spiro atoms. The quantitative estimate of drug-likeness (QED) is 0.625. The lowest BCUT2D eigenvalue weighted by molar-refractivity contribution is -0.134. The Kier molecular flexibility index (Phi) is 3.88. The van der Waals surface area contributed by atoms with Gasteiger partial charge in [-0.2, -0.15) is 13.2 Å². The molecule has 1 aromatic rings. The molecule has 15 heavy (non-hydrogen) atoms. The molecule has 0 atom stereocenters. The third-order valence-electron chi connectivity index (χ3n) is 1.67. The Labute approximate surface area is 84.3 Å². The number of nitrogens with one attached hydrogen (secondary N) is 1. The van der Waals surface area contributed by atoms with Crippen molar-refractivity contribution in [2.24, 2.45) is 0 Å². The lowest BCUT2D eigenvalue weighted by Gasteiger charge is -2.07. The maximum absolute atomic E-state index is 12.4. The molecule has 0 amide bonds. The van der Waals surface area contributed by atoms with Gasteiger partial charge in [0.2, 0.25) is 0 Å². The summed E-state index contributed by atoms with van der Waals surface area (Å²) in [6.07, 6.45) is -3.98. The molecule has 84 valence electrons. The Morgan fingerprint density at radius 2 is 2.00 bits per heavy atom. The lowest BCUT2D eigenvalue weighted by Crippen LogP contribution is -2.11. The summed E-state index contributed by atoms with van der Waals surface area (Å²) in [5, 5.41) is 2.67. The average molecular weight is 222 g/mol. The van der Waals surface area contributed by atoms with Crippen LogP contribution in [0.4, 0.5) is 23.4 Å².